The lowest BCUT2D eigenvalue weighted by Gasteiger charge is -2.25. The Hall–Kier alpha value is -1.59. The summed E-state index contributed by atoms with van der Waals surface area (Å²) in [4.78, 5) is 22.3. The average Bonchev–Trinajstić information content (AvgIpc) is 3.18. The third-order valence-corrected chi connectivity index (χ3v) is 4.30. The summed E-state index contributed by atoms with van der Waals surface area (Å²) in [6.07, 6.45) is 0.895. The molecule has 1 unspecified atom stereocenters. The number of aliphatic carboxylic acids is 2. The SMILES string of the molecule is N[C@@](CCc1ccccc1Cl)(C(=O)O)C1C[C@@H]1C(=O)O. The largest absolute Gasteiger partial charge is 0.481 e. The van der Waals surface area contributed by atoms with Crippen molar-refractivity contribution in [2.75, 3.05) is 0 Å². The van der Waals surface area contributed by atoms with Gasteiger partial charge in [0.15, 0.2) is 0 Å². The van der Waals surface area contributed by atoms with Crippen LogP contribution in [0.3, 0.4) is 0 Å². The van der Waals surface area contributed by atoms with E-state index in [1.807, 2.05) is 12.1 Å². The molecule has 1 saturated carbocycles. The topological polar surface area (TPSA) is 101 Å². The lowest BCUT2D eigenvalue weighted by atomic mass is 9.86. The standard InChI is InChI=1S/C14H16ClNO4/c15-11-4-2-1-3-8(11)5-6-14(16,13(19)20)10-7-9(10)12(17)18/h1-4,9-10H,5-7,16H2,(H,17,18)(H,19,20)/t9-,10?,14+/m0/s1. The highest BCUT2D eigenvalue weighted by Gasteiger charge is 2.58. The molecule has 3 atom stereocenters. The maximum atomic E-state index is 11.4. The van der Waals surface area contributed by atoms with Gasteiger partial charge in [0.1, 0.15) is 5.54 Å². The van der Waals surface area contributed by atoms with Gasteiger partial charge < -0.3 is 15.9 Å². The summed E-state index contributed by atoms with van der Waals surface area (Å²) in [5.74, 6) is -3.30. The van der Waals surface area contributed by atoms with Crippen LogP contribution in [0.4, 0.5) is 0 Å². The van der Waals surface area contributed by atoms with Gasteiger partial charge in [-0.2, -0.15) is 0 Å². The highest BCUT2D eigenvalue weighted by Crippen LogP contribution is 2.47. The Kier molecular flexibility index (Phi) is 4.01. The van der Waals surface area contributed by atoms with Gasteiger partial charge in [0, 0.05) is 10.9 Å². The quantitative estimate of drug-likeness (QED) is 0.743. The number of halogens is 1. The van der Waals surface area contributed by atoms with E-state index in [2.05, 4.69) is 0 Å². The molecule has 4 N–H and O–H groups in total. The van der Waals surface area contributed by atoms with Gasteiger partial charge in [-0.25, -0.2) is 0 Å². The maximum absolute atomic E-state index is 11.4. The van der Waals surface area contributed by atoms with Gasteiger partial charge in [0.05, 0.1) is 5.92 Å². The van der Waals surface area contributed by atoms with Crippen LogP contribution >= 0.6 is 11.6 Å². The molecule has 1 aliphatic carbocycles. The van der Waals surface area contributed by atoms with Gasteiger partial charge in [-0.3, -0.25) is 9.59 Å². The summed E-state index contributed by atoms with van der Waals surface area (Å²) in [6, 6.07) is 7.15. The second-order valence-electron chi connectivity index (χ2n) is 5.22. The molecule has 1 aromatic rings. The first-order chi connectivity index (χ1) is 9.36. The number of hydrogen-bond donors (Lipinski definition) is 3. The summed E-state index contributed by atoms with van der Waals surface area (Å²) < 4.78 is 0. The van der Waals surface area contributed by atoms with Crippen LogP contribution in [-0.4, -0.2) is 27.7 Å². The van der Waals surface area contributed by atoms with Crippen LogP contribution < -0.4 is 5.73 Å². The lowest BCUT2D eigenvalue weighted by Crippen LogP contribution is -2.51. The van der Waals surface area contributed by atoms with Crippen LogP contribution in [-0.2, 0) is 16.0 Å². The molecule has 0 amide bonds. The van der Waals surface area contributed by atoms with Crippen LogP contribution in [0.2, 0.25) is 5.02 Å². The Bertz CT molecular complexity index is 548. The third-order valence-electron chi connectivity index (χ3n) is 3.93. The van der Waals surface area contributed by atoms with Gasteiger partial charge >= 0.3 is 11.9 Å². The zero-order valence-electron chi connectivity index (χ0n) is 10.8. The molecule has 0 radical (unpaired) electrons. The molecule has 0 heterocycles. The number of aryl methyl sites for hydroxylation is 1. The van der Waals surface area contributed by atoms with E-state index in [1.54, 1.807) is 12.1 Å². The first kappa shape index (κ1) is 14.8. The predicted molar refractivity (Wildman–Crippen MR) is 73.6 cm³/mol. The number of carboxylic acids is 2. The molecule has 1 fully saturated rings. The van der Waals surface area contributed by atoms with E-state index in [0.717, 1.165) is 5.56 Å². The van der Waals surface area contributed by atoms with Crippen molar-refractivity contribution < 1.29 is 19.8 Å². The van der Waals surface area contributed by atoms with Crippen LogP contribution in [0, 0.1) is 11.8 Å². The normalized spacial score (nSPS) is 23.9. The smallest absolute Gasteiger partial charge is 0.324 e. The number of benzene rings is 1. The number of carbonyl (C=O) groups is 2. The van der Waals surface area contributed by atoms with Crippen LogP contribution in [0.25, 0.3) is 0 Å². The molecule has 0 spiro atoms. The van der Waals surface area contributed by atoms with Gasteiger partial charge in [-0.15, -0.1) is 0 Å². The van der Waals surface area contributed by atoms with Crippen molar-refractivity contribution in [3.63, 3.8) is 0 Å². The molecule has 0 saturated heterocycles. The minimum Gasteiger partial charge on any atom is -0.481 e. The summed E-state index contributed by atoms with van der Waals surface area (Å²) in [6.45, 7) is 0. The van der Waals surface area contributed by atoms with E-state index in [9.17, 15) is 14.7 Å². The minimum absolute atomic E-state index is 0.167. The van der Waals surface area contributed by atoms with E-state index in [0.29, 0.717) is 17.9 Å². The fraction of sp³-hybridized carbons (Fsp3) is 0.429. The van der Waals surface area contributed by atoms with Crippen molar-refractivity contribution in [1.29, 1.82) is 0 Å². The zero-order valence-corrected chi connectivity index (χ0v) is 11.5. The van der Waals surface area contributed by atoms with E-state index in [-0.39, 0.29) is 6.42 Å². The molecule has 5 nitrogen and oxygen atoms in total. The Balaban J connectivity index is 2.09. The van der Waals surface area contributed by atoms with E-state index >= 15 is 0 Å². The third kappa shape index (κ3) is 2.78. The highest BCUT2D eigenvalue weighted by molar-refractivity contribution is 6.31. The van der Waals surface area contributed by atoms with Crippen LogP contribution in [0.5, 0.6) is 0 Å². The van der Waals surface area contributed by atoms with Crippen molar-refractivity contribution in [3.05, 3.63) is 34.9 Å². The minimum atomic E-state index is -1.51. The van der Waals surface area contributed by atoms with Crippen LogP contribution in [0.1, 0.15) is 18.4 Å². The van der Waals surface area contributed by atoms with Crippen molar-refractivity contribution >= 4 is 23.5 Å². The second-order valence-corrected chi connectivity index (χ2v) is 5.63. The predicted octanol–water partition coefficient (Wildman–Crippen LogP) is 1.78. The fourth-order valence-electron chi connectivity index (χ4n) is 2.53. The maximum Gasteiger partial charge on any atom is 0.324 e. The monoisotopic (exact) mass is 297 g/mol. The molecule has 2 rings (SSSR count). The fourth-order valence-corrected chi connectivity index (χ4v) is 2.76. The first-order valence-corrected chi connectivity index (χ1v) is 6.72. The van der Waals surface area contributed by atoms with Crippen LogP contribution in [0.15, 0.2) is 24.3 Å². The first-order valence-electron chi connectivity index (χ1n) is 6.34. The zero-order chi connectivity index (χ0) is 14.9. The summed E-state index contributed by atoms with van der Waals surface area (Å²) in [7, 11) is 0. The molecule has 1 aliphatic rings. The van der Waals surface area contributed by atoms with Crippen molar-refractivity contribution in [1.82, 2.24) is 0 Å². The van der Waals surface area contributed by atoms with Crippen molar-refractivity contribution in [3.8, 4) is 0 Å². The van der Waals surface area contributed by atoms with E-state index in [4.69, 9.17) is 22.4 Å². The van der Waals surface area contributed by atoms with E-state index in [1.165, 1.54) is 0 Å². The lowest BCUT2D eigenvalue weighted by molar-refractivity contribution is -0.145. The molecular formula is C14H16ClNO4. The Morgan fingerprint density at radius 3 is 2.50 bits per heavy atom. The molecule has 1 aromatic carbocycles. The number of carboxylic acid groups (broad SMARTS) is 2. The number of nitrogens with two attached hydrogens (primary N) is 1. The molecule has 20 heavy (non-hydrogen) atoms. The molecule has 0 bridgehead atoms. The molecular weight excluding hydrogens is 282 g/mol. The Morgan fingerprint density at radius 1 is 1.35 bits per heavy atom. The van der Waals surface area contributed by atoms with Crippen molar-refractivity contribution in [2.45, 2.75) is 24.8 Å². The number of hydrogen-bond acceptors (Lipinski definition) is 3. The highest BCUT2D eigenvalue weighted by atomic mass is 35.5. The number of rotatable bonds is 6. The van der Waals surface area contributed by atoms with Gasteiger partial charge in [0.2, 0.25) is 0 Å². The molecule has 6 heteroatoms. The summed E-state index contributed by atoms with van der Waals surface area (Å²) >= 11 is 6.02. The van der Waals surface area contributed by atoms with Crippen molar-refractivity contribution in [2.24, 2.45) is 17.6 Å². The molecule has 108 valence electrons. The van der Waals surface area contributed by atoms with Gasteiger partial charge in [-0.05, 0) is 30.9 Å². The Morgan fingerprint density at radius 2 is 2.00 bits per heavy atom. The van der Waals surface area contributed by atoms with Gasteiger partial charge in [0.25, 0.3) is 0 Å². The molecule has 0 aliphatic heterocycles. The van der Waals surface area contributed by atoms with E-state index < -0.39 is 29.3 Å². The summed E-state index contributed by atoms with van der Waals surface area (Å²) in [5.41, 5.74) is 5.27. The summed E-state index contributed by atoms with van der Waals surface area (Å²) in [5, 5.41) is 18.8. The average molecular weight is 298 g/mol. The second kappa shape index (κ2) is 5.42. The van der Waals surface area contributed by atoms with Gasteiger partial charge in [-0.1, -0.05) is 29.8 Å². The Labute approximate surface area is 121 Å². The molecule has 0 aromatic heterocycles.